The fraction of sp³-hybridized carbons (Fsp3) is 0.364. The summed E-state index contributed by atoms with van der Waals surface area (Å²) in [6, 6.07) is 5.05. The molecular weight excluding hydrogens is 247 g/mol. The molecular formula is C11H12F3N3O. The first-order valence-corrected chi connectivity index (χ1v) is 5.29. The van der Waals surface area contributed by atoms with E-state index < -0.39 is 12.6 Å². The second-order valence-electron chi connectivity index (χ2n) is 4.01. The van der Waals surface area contributed by atoms with Crippen LogP contribution < -0.4 is 10.6 Å². The summed E-state index contributed by atoms with van der Waals surface area (Å²) in [5, 5.41) is 0. The molecule has 0 bridgehead atoms. The van der Waals surface area contributed by atoms with Gasteiger partial charge in [-0.15, -0.1) is 0 Å². The Morgan fingerprint density at radius 1 is 1.39 bits per heavy atom. The number of nitrogens with two attached hydrogens (primary N) is 1. The van der Waals surface area contributed by atoms with E-state index in [0.29, 0.717) is 16.8 Å². The van der Waals surface area contributed by atoms with Crippen LogP contribution in [-0.2, 0) is 0 Å². The van der Waals surface area contributed by atoms with Crippen LogP contribution in [0.25, 0.3) is 11.1 Å². The topological polar surface area (TPSA) is 55.3 Å². The predicted molar refractivity (Wildman–Crippen MR) is 62.4 cm³/mol. The number of hydrogen-bond acceptors (Lipinski definition) is 4. The Kier molecular flexibility index (Phi) is 3.06. The highest BCUT2D eigenvalue weighted by Crippen LogP contribution is 2.25. The van der Waals surface area contributed by atoms with E-state index in [4.69, 9.17) is 10.2 Å². The van der Waals surface area contributed by atoms with Gasteiger partial charge in [-0.2, -0.15) is 18.2 Å². The summed E-state index contributed by atoms with van der Waals surface area (Å²) in [4.78, 5) is 5.41. The molecule has 0 radical (unpaired) electrons. The molecule has 0 fully saturated rings. The SMILES string of the molecule is CN(CCC(F)(F)F)c1nc2cc(N)ccc2o1. The molecule has 1 aromatic carbocycles. The molecule has 0 saturated heterocycles. The summed E-state index contributed by atoms with van der Waals surface area (Å²) in [6.07, 6.45) is -5.10. The van der Waals surface area contributed by atoms with E-state index in [9.17, 15) is 13.2 Å². The summed E-state index contributed by atoms with van der Waals surface area (Å²) in [7, 11) is 1.50. The number of fused-ring (bicyclic) bond motifs is 1. The zero-order valence-electron chi connectivity index (χ0n) is 9.66. The van der Waals surface area contributed by atoms with Crippen LogP contribution in [0.4, 0.5) is 24.9 Å². The van der Waals surface area contributed by atoms with Crippen molar-refractivity contribution in [1.82, 2.24) is 4.98 Å². The van der Waals surface area contributed by atoms with E-state index in [1.54, 1.807) is 18.2 Å². The van der Waals surface area contributed by atoms with Gasteiger partial charge in [0.2, 0.25) is 0 Å². The van der Waals surface area contributed by atoms with Crippen molar-refractivity contribution in [2.75, 3.05) is 24.2 Å². The van der Waals surface area contributed by atoms with Crippen molar-refractivity contribution in [1.29, 1.82) is 0 Å². The lowest BCUT2D eigenvalue weighted by molar-refractivity contribution is -0.132. The number of alkyl halides is 3. The maximum Gasteiger partial charge on any atom is 0.390 e. The molecule has 0 saturated carbocycles. The molecule has 18 heavy (non-hydrogen) atoms. The van der Waals surface area contributed by atoms with Crippen LogP contribution >= 0.6 is 0 Å². The number of rotatable bonds is 3. The van der Waals surface area contributed by atoms with Crippen LogP contribution in [0, 0.1) is 0 Å². The fourth-order valence-corrected chi connectivity index (χ4v) is 1.49. The number of oxazole rings is 1. The standard InChI is InChI=1S/C11H12F3N3O/c1-17(5-4-11(12,13)14)10-16-8-6-7(15)2-3-9(8)18-10/h2-3,6H,4-5,15H2,1H3. The molecule has 0 aliphatic rings. The van der Waals surface area contributed by atoms with Crippen molar-refractivity contribution in [2.24, 2.45) is 0 Å². The van der Waals surface area contributed by atoms with Crippen LogP contribution in [0.5, 0.6) is 0 Å². The van der Waals surface area contributed by atoms with E-state index >= 15 is 0 Å². The zero-order valence-corrected chi connectivity index (χ0v) is 9.66. The van der Waals surface area contributed by atoms with Crippen molar-refractivity contribution in [3.05, 3.63) is 18.2 Å². The second-order valence-corrected chi connectivity index (χ2v) is 4.01. The molecule has 2 rings (SSSR count). The maximum absolute atomic E-state index is 12.1. The molecule has 7 heteroatoms. The van der Waals surface area contributed by atoms with Crippen LogP contribution in [0.15, 0.2) is 22.6 Å². The normalized spacial score (nSPS) is 12.0. The number of halogens is 3. The summed E-state index contributed by atoms with van der Waals surface area (Å²) in [6.45, 7) is -0.203. The Labute approximate surface area is 101 Å². The van der Waals surface area contributed by atoms with Gasteiger partial charge >= 0.3 is 6.18 Å². The number of anilines is 2. The molecule has 0 atom stereocenters. The van der Waals surface area contributed by atoms with Crippen molar-refractivity contribution >= 4 is 22.8 Å². The third-order valence-electron chi connectivity index (χ3n) is 2.46. The zero-order chi connectivity index (χ0) is 13.3. The minimum atomic E-state index is -4.19. The lowest BCUT2D eigenvalue weighted by atomic mass is 10.3. The Morgan fingerprint density at radius 2 is 2.11 bits per heavy atom. The fourth-order valence-electron chi connectivity index (χ4n) is 1.49. The highest BCUT2D eigenvalue weighted by Gasteiger charge is 2.27. The molecule has 0 aliphatic heterocycles. The van der Waals surface area contributed by atoms with Gasteiger partial charge < -0.3 is 15.1 Å². The summed E-state index contributed by atoms with van der Waals surface area (Å²) < 4.78 is 41.6. The monoisotopic (exact) mass is 259 g/mol. The van der Waals surface area contributed by atoms with Crippen LogP contribution in [0.1, 0.15) is 6.42 Å². The molecule has 0 spiro atoms. The highest BCUT2D eigenvalue weighted by atomic mass is 19.4. The Balaban J connectivity index is 2.15. The third-order valence-corrected chi connectivity index (χ3v) is 2.46. The van der Waals surface area contributed by atoms with E-state index in [-0.39, 0.29) is 12.6 Å². The quantitative estimate of drug-likeness (QED) is 0.861. The smallest absolute Gasteiger partial charge is 0.390 e. The lowest BCUT2D eigenvalue weighted by Gasteiger charge is -2.15. The van der Waals surface area contributed by atoms with Gasteiger partial charge in [-0.1, -0.05) is 0 Å². The maximum atomic E-state index is 12.1. The van der Waals surface area contributed by atoms with Crippen molar-refractivity contribution in [3.8, 4) is 0 Å². The van der Waals surface area contributed by atoms with Gasteiger partial charge in [0, 0.05) is 19.3 Å². The minimum Gasteiger partial charge on any atom is -0.423 e. The van der Waals surface area contributed by atoms with Crippen molar-refractivity contribution < 1.29 is 17.6 Å². The number of nitrogens with zero attached hydrogens (tertiary/aromatic N) is 2. The first-order valence-electron chi connectivity index (χ1n) is 5.29. The number of benzene rings is 1. The van der Waals surface area contributed by atoms with Crippen LogP contribution in [0.2, 0.25) is 0 Å². The first kappa shape index (κ1) is 12.5. The van der Waals surface area contributed by atoms with Gasteiger partial charge in [-0.25, -0.2) is 0 Å². The van der Waals surface area contributed by atoms with E-state index in [2.05, 4.69) is 4.98 Å². The van der Waals surface area contributed by atoms with Gasteiger partial charge in [0.1, 0.15) is 5.52 Å². The van der Waals surface area contributed by atoms with Gasteiger partial charge in [0.05, 0.1) is 6.42 Å². The number of hydrogen-bond donors (Lipinski definition) is 1. The van der Waals surface area contributed by atoms with Crippen LogP contribution in [-0.4, -0.2) is 24.8 Å². The molecule has 0 aliphatic carbocycles. The van der Waals surface area contributed by atoms with Gasteiger partial charge in [0.15, 0.2) is 5.58 Å². The van der Waals surface area contributed by atoms with Crippen molar-refractivity contribution in [3.63, 3.8) is 0 Å². The van der Waals surface area contributed by atoms with Crippen LogP contribution in [0.3, 0.4) is 0 Å². The molecule has 2 N–H and O–H groups in total. The first-order chi connectivity index (χ1) is 8.35. The van der Waals surface area contributed by atoms with E-state index in [1.807, 2.05) is 0 Å². The predicted octanol–water partition coefficient (Wildman–Crippen LogP) is 2.80. The van der Waals surface area contributed by atoms with Gasteiger partial charge in [0.25, 0.3) is 6.01 Å². The van der Waals surface area contributed by atoms with Gasteiger partial charge in [-0.3, -0.25) is 0 Å². The van der Waals surface area contributed by atoms with Gasteiger partial charge in [-0.05, 0) is 18.2 Å². The Morgan fingerprint density at radius 3 is 2.78 bits per heavy atom. The average Bonchev–Trinajstić information content (AvgIpc) is 2.67. The summed E-state index contributed by atoms with van der Waals surface area (Å²) >= 11 is 0. The number of nitrogen functional groups attached to an aromatic ring is 1. The molecule has 1 heterocycles. The lowest BCUT2D eigenvalue weighted by Crippen LogP contribution is -2.24. The minimum absolute atomic E-state index is 0.153. The third kappa shape index (κ3) is 2.85. The summed E-state index contributed by atoms with van der Waals surface area (Å²) in [5.41, 5.74) is 7.14. The summed E-state index contributed by atoms with van der Waals surface area (Å²) in [5.74, 6) is 0. The van der Waals surface area contributed by atoms with Crippen molar-refractivity contribution in [2.45, 2.75) is 12.6 Å². The largest absolute Gasteiger partial charge is 0.423 e. The molecule has 98 valence electrons. The van der Waals surface area contributed by atoms with E-state index in [1.165, 1.54) is 11.9 Å². The number of aromatic nitrogens is 1. The molecule has 4 nitrogen and oxygen atoms in total. The molecule has 1 aromatic heterocycles. The van der Waals surface area contributed by atoms with E-state index in [0.717, 1.165) is 0 Å². The average molecular weight is 259 g/mol. The molecule has 0 unspecified atom stereocenters. The second kappa shape index (κ2) is 4.40. The molecule has 2 aromatic rings. The Hall–Kier alpha value is -1.92. The highest BCUT2D eigenvalue weighted by molar-refractivity contribution is 5.78. The Bertz CT molecular complexity index is 550. The molecule has 0 amide bonds.